The van der Waals surface area contributed by atoms with Gasteiger partial charge in [0.2, 0.25) is 0 Å². The first-order chi connectivity index (χ1) is 14.5. The van der Waals surface area contributed by atoms with Crippen LogP contribution < -0.4 is 10.6 Å². The summed E-state index contributed by atoms with van der Waals surface area (Å²) >= 11 is 0. The van der Waals surface area contributed by atoms with Crippen LogP contribution in [0, 0.1) is 0 Å². The standard InChI is InChI=1S/C23H25N3O4/c1-25-22(24)17-9-11-18(12-10-17)26-14-19(29-2)21(23(26)28)16-7-4-15(5-8-16)6-13-20(27)30-3/h4-5,7-12H,6,13-14H2,1-3H3,(H2,24,25). The average molecular weight is 407 g/mol. The highest BCUT2D eigenvalue weighted by Crippen LogP contribution is 2.32. The van der Waals surface area contributed by atoms with E-state index in [1.165, 1.54) is 7.11 Å². The summed E-state index contributed by atoms with van der Waals surface area (Å²) in [6.45, 7) is 0.353. The molecule has 0 aliphatic carbocycles. The second-order valence-electron chi connectivity index (χ2n) is 6.82. The first-order valence-corrected chi connectivity index (χ1v) is 9.56. The van der Waals surface area contributed by atoms with Crippen LogP contribution in [-0.4, -0.2) is 45.5 Å². The topological polar surface area (TPSA) is 94.2 Å². The molecule has 1 aliphatic heterocycles. The molecule has 0 unspecified atom stereocenters. The van der Waals surface area contributed by atoms with Gasteiger partial charge in [0.05, 0.1) is 26.3 Å². The third-order valence-electron chi connectivity index (χ3n) is 5.09. The van der Waals surface area contributed by atoms with Crippen molar-refractivity contribution in [1.29, 1.82) is 0 Å². The Morgan fingerprint density at radius 2 is 1.77 bits per heavy atom. The number of nitrogens with two attached hydrogens (primary N) is 1. The fourth-order valence-electron chi connectivity index (χ4n) is 3.34. The fourth-order valence-corrected chi connectivity index (χ4v) is 3.34. The number of hydrogen-bond donors (Lipinski definition) is 1. The molecule has 0 saturated carbocycles. The first-order valence-electron chi connectivity index (χ1n) is 9.56. The molecular weight excluding hydrogens is 382 g/mol. The van der Waals surface area contributed by atoms with E-state index < -0.39 is 0 Å². The normalized spacial score (nSPS) is 14.3. The largest absolute Gasteiger partial charge is 0.498 e. The molecule has 2 N–H and O–H groups in total. The number of rotatable bonds is 7. The number of hydrogen-bond acceptors (Lipinski definition) is 5. The van der Waals surface area contributed by atoms with E-state index in [0.717, 1.165) is 22.4 Å². The van der Waals surface area contributed by atoms with Crippen LogP contribution in [0.3, 0.4) is 0 Å². The van der Waals surface area contributed by atoms with Crippen LogP contribution in [-0.2, 0) is 25.5 Å². The minimum absolute atomic E-state index is 0.126. The Morgan fingerprint density at radius 1 is 1.10 bits per heavy atom. The molecule has 0 saturated heterocycles. The van der Waals surface area contributed by atoms with Crippen molar-refractivity contribution in [1.82, 2.24) is 0 Å². The number of ether oxygens (including phenoxy) is 2. The van der Waals surface area contributed by atoms with Crippen LogP contribution in [0.4, 0.5) is 5.69 Å². The maximum absolute atomic E-state index is 13.2. The zero-order chi connectivity index (χ0) is 21.7. The molecule has 0 bridgehead atoms. The molecule has 0 spiro atoms. The monoisotopic (exact) mass is 407 g/mol. The molecule has 156 valence electrons. The Kier molecular flexibility index (Phi) is 6.51. The molecule has 0 atom stereocenters. The summed E-state index contributed by atoms with van der Waals surface area (Å²) in [6.07, 6.45) is 0.900. The minimum Gasteiger partial charge on any atom is -0.498 e. The van der Waals surface area contributed by atoms with Gasteiger partial charge in [-0.1, -0.05) is 24.3 Å². The Hall–Kier alpha value is -3.61. The minimum atomic E-state index is -0.247. The lowest BCUT2D eigenvalue weighted by Crippen LogP contribution is -2.26. The highest BCUT2D eigenvalue weighted by atomic mass is 16.5. The molecule has 0 aromatic heterocycles. The van der Waals surface area contributed by atoms with Crippen molar-refractivity contribution < 1.29 is 19.1 Å². The number of methoxy groups -OCH3 is 2. The lowest BCUT2D eigenvalue weighted by Gasteiger charge is -2.17. The predicted octanol–water partition coefficient (Wildman–Crippen LogP) is 2.53. The Bertz CT molecular complexity index is 992. The van der Waals surface area contributed by atoms with E-state index in [4.69, 9.17) is 10.5 Å². The maximum atomic E-state index is 13.2. The number of aryl methyl sites for hydroxylation is 1. The van der Waals surface area contributed by atoms with Crippen molar-refractivity contribution in [3.8, 4) is 0 Å². The molecule has 0 radical (unpaired) electrons. The summed E-state index contributed by atoms with van der Waals surface area (Å²) in [6, 6.07) is 15.0. The van der Waals surface area contributed by atoms with Gasteiger partial charge in [0.1, 0.15) is 11.6 Å². The van der Waals surface area contributed by atoms with E-state index in [9.17, 15) is 9.59 Å². The van der Waals surface area contributed by atoms with E-state index in [0.29, 0.717) is 36.6 Å². The third-order valence-corrected chi connectivity index (χ3v) is 5.09. The molecule has 2 aromatic rings. The van der Waals surface area contributed by atoms with E-state index in [1.54, 1.807) is 19.1 Å². The van der Waals surface area contributed by atoms with Crippen molar-refractivity contribution in [3.63, 3.8) is 0 Å². The average Bonchev–Trinajstić information content (AvgIpc) is 3.13. The van der Waals surface area contributed by atoms with Gasteiger partial charge in [-0.3, -0.25) is 14.6 Å². The number of nitrogens with zero attached hydrogens (tertiary/aromatic N) is 2. The first kappa shape index (κ1) is 21.1. The van der Waals surface area contributed by atoms with Crippen molar-refractivity contribution in [2.75, 3.05) is 32.7 Å². The Labute approximate surface area is 175 Å². The second-order valence-corrected chi connectivity index (χ2v) is 6.82. The van der Waals surface area contributed by atoms with Crippen molar-refractivity contribution in [2.45, 2.75) is 12.8 Å². The lowest BCUT2D eigenvalue weighted by molar-refractivity contribution is -0.140. The van der Waals surface area contributed by atoms with E-state index >= 15 is 0 Å². The van der Waals surface area contributed by atoms with Gasteiger partial charge in [-0.05, 0) is 41.8 Å². The van der Waals surface area contributed by atoms with Crippen LogP contribution in [0.25, 0.3) is 5.57 Å². The van der Waals surface area contributed by atoms with Gasteiger partial charge < -0.3 is 20.1 Å². The molecular formula is C23H25N3O4. The van der Waals surface area contributed by atoms with Gasteiger partial charge >= 0.3 is 5.97 Å². The van der Waals surface area contributed by atoms with Gasteiger partial charge in [-0.15, -0.1) is 0 Å². The lowest BCUT2D eigenvalue weighted by atomic mass is 10.0. The van der Waals surface area contributed by atoms with E-state index in [2.05, 4.69) is 9.73 Å². The smallest absolute Gasteiger partial charge is 0.305 e. The van der Waals surface area contributed by atoms with Gasteiger partial charge in [0.15, 0.2) is 0 Å². The number of amidine groups is 1. The molecule has 1 amide bonds. The fraction of sp³-hybridized carbons (Fsp3) is 0.261. The van der Waals surface area contributed by atoms with E-state index in [1.807, 2.05) is 48.5 Å². The zero-order valence-corrected chi connectivity index (χ0v) is 17.3. The quantitative estimate of drug-likeness (QED) is 0.432. The number of esters is 1. The van der Waals surface area contributed by atoms with Crippen molar-refractivity contribution in [2.24, 2.45) is 10.7 Å². The van der Waals surface area contributed by atoms with Crippen LogP contribution in [0.15, 0.2) is 59.3 Å². The highest BCUT2D eigenvalue weighted by molar-refractivity contribution is 6.29. The molecule has 30 heavy (non-hydrogen) atoms. The second kappa shape index (κ2) is 9.26. The molecule has 7 nitrogen and oxygen atoms in total. The molecule has 2 aromatic carbocycles. The number of carbonyl (C=O) groups is 2. The molecule has 3 rings (SSSR count). The number of anilines is 1. The summed E-state index contributed by atoms with van der Waals surface area (Å²) in [4.78, 5) is 30.1. The number of amides is 1. The maximum Gasteiger partial charge on any atom is 0.305 e. The zero-order valence-electron chi connectivity index (χ0n) is 17.3. The molecule has 0 fully saturated rings. The predicted molar refractivity (Wildman–Crippen MR) is 116 cm³/mol. The summed E-state index contributed by atoms with van der Waals surface area (Å²) in [5.41, 5.74) is 9.71. The van der Waals surface area contributed by atoms with Gasteiger partial charge in [-0.2, -0.15) is 0 Å². The van der Waals surface area contributed by atoms with Crippen LogP contribution in [0.2, 0.25) is 0 Å². The van der Waals surface area contributed by atoms with Crippen molar-refractivity contribution >= 4 is 29.0 Å². The number of benzene rings is 2. The number of aliphatic imine (C=N–C) groups is 1. The van der Waals surface area contributed by atoms with Gasteiger partial charge in [-0.25, -0.2) is 0 Å². The molecule has 1 heterocycles. The highest BCUT2D eigenvalue weighted by Gasteiger charge is 2.33. The summed E-state index contributed by atoms with van der Waals surface area (Å²) < 4.78 is 10.2. The Balaban J connectivity index is 1.80. The summed E-state index contributed by atoms with van der Waals surface area (Å²) in [7, 11) is 4.58. The molecule has 1 aliphatic rings. The van der Waals surface area contributed by atoms with E-state index in [-0.39, 0.29) is 11.9 Å². The molecule has 7 heteroatoms. The summed E-state index contributed by atoms with van der Waals surface area (Å²) in [5.74, 6) is 0.682. The number of carbonyl (C=O) groups excluding carboxylic acids is 2. The van der Waals surface area contributed by atoms with Crippen LogP contribution in [0.1, 0.15) is 23.1 Å². The summed E-state index contributed by atoms with van der Waals surface area (Å²) in [5, 5.41) is 0. The third kappa shape index (κ3) is 4.35. The van der Waals surface area contributed by atoms with Crippen LogP contribution >= 0.6 is 0 Å². The Morgan fingerprint density at radius 3 is 2.33 bits per heavy atom. The van der Waals surface area contributed by atoms with Gasteiger partial charge in [0, 0.05) is 24.7 Å². The SMILES string of the molecule is CN=C(N)c1ccc(N2CC(OC)=C(c3ccc(CCC(=O)OC)cc3)C2=O)cc1. The van der Waals surface area contributed by atoms with Crippen LogP contribution in [0.5, 0.6) is 0 Å². The van der Waals surface area contributed by atoms with Gasteiger partial charge in [0.25, 0.3) is 5.91 Å². The van der Waals surface area contributed by atoms with Crippen molar-refractivity contribution in [3.05, 3.63) is 71.0 Å².